The molecule has 0 radical (unpaired) electrons. The van der Waals surface area contributed by atoms with Gasteiger partial charge in [0.25, 0.3) is 5.91 Å². The Labute approximate surface area is 152 Å². The van der Waals surface area contributed by atoms with E-state index in [1.807, 2.05) is 6.07 Å². The van der Waals surface area contributed by atoms with Crippen LogP contribution in [0.25, 0.3) is 10.1 Å². The van der Waals surface area contributed by atoms with Gasteiger partial charge < -0.3 is 15.3 Å². The third-order valence-electron chi connectivity index (χ3n) is 4.89. The van der Waals surface area contributed by atoms with Gasteiger partial charge in [-0.2, -0.15) is 0 Å². The van der Waals surface area contributed by atoms with Gasteiger partial charge in [0.1, 0.15) is 10.7 Å². The van der Waals surface area contributed by atoms with Gasteiger partial charge in [0.2, 0.25) is 6.41 Å². The molecule has 2 amide bonds. The van der Waals surface area contributed by atoms with Gasteiger partial charge in [-0.3, -0.25) is 9.59 Å². The Morgan fingerprint density at radius 2 is 2.20 bits per heavy atom. The molecule has 132 valence electrons. The summed E-state index contributed by atoms with van der Waals surface area (Å²) >= 11 is 7.49. The van der Waals surface area contributed by atoms with Crippen molar-refractivity contribution < 1.29 is 19.1 Å². The third-order valence-corrected chi connectivity index (χ3v) is 6.51. The molecule has 0 unspecified atom stereocenters. The van der Waals surface area contributed by atoms with Crippen molar-refractivity contribution in [3.63, 3.8) is 0 Å². The zero-order valence-corrected chi connectivity index (χ0v) is 14.8. The molecular formula is C17H16ClFN2O3S. The Morgan fingerprint density at radius 1 is 1.48 bits per heavy atom. The van der Waals surface area contributed by atoms with E-state index >= 15 is 0 Å². The van der Waals surface area contributed by atoms with Crippen LogP contribution < -0.4 is 5.32 Å². The maximum absolute atomic E-state index is 14.5. The second-order valence-corrected chi connectivity index (χ2v) is 8.19. The van der Waals surface area contributed by atoms with Crippen molar-refractivity contribution in [2.24, 2.45) is 0 Å². The number of benzene rings is 1. The number of amides is 2. The highest BCUT2D eigenvalue weighted by atomic mass is 35.5. The highest BCUT2D eigenvalue weighted by Crippen LogP contribution is 2.45. The summed E-state index contributed by atoms with van der Waals surface area (Å²) in [5.41, 5.74) is 0.158. The fourth-order valence-electron chi connectivity index (χ4n) is 3.29. The van der Waals surface area contributed by atoms with E-state index in [-0.39, 0.29) is 30.6 Å². The Bertz CT molecular complexity index is 874. The lowest BCUT2D eigenvalue weighted by Gasteiger charge is -2.48. The molecule has 2 heterocycles. The van der Waals surface area contributed by atoms with Gasteiger partial charge in [-0.25, -0.2) is 4.39 Å². The number of carbonyl (C=O) groups excluding carboxylic acids is 2. The van der Waals surface area contributed by atoms with Gasteiger partial charge in [-0.05, 0) is 36.5 Å². The summed E-state index contributed by atoms with van der Waals surface area (Å²) in [7, 11) is 0. The average Bonchev–Trinajstić information content (AvgIpc) is 3.34. The Kier molecular flexibility index (Phi) is 3.97. The van der Waals surface area contributed by atoms with Crippen molar-refractivity contribution in [3.05, 3.63) is 33.4 Å². The number of hydrogen-bond donors (Lipinski definition) is 2. The number of hydrogen-bond acceptors (Lipinski definition) is 4. The number of fused-ring (bicyclic) bond motifs is 1. The molecule has 1 saturated carbocycles. The van der Waals surface area contributed by atoms with Crippen LogP contribution >= 0.6 is 22.9 Å². The number of carbonyl (C=O) groups is 2. The van der Waals surface area contributed by atoms with Gasteiger partial charge in [0.15, 0.2) is 0 Å². The first-order chi connectivity index (χ1) is 12.0. The smallest absolute Gasteiger partial charge is 0.265 e. The summed E-state index contributed by atoms with van der Waals surface area (Å²) < 4.78 is 15.1. The molecule has 8 heteroatoms. The molecule has 5 nitrogen and oxygen atoms in total. The number of aliphatic hydroxyl groups excluding tert-OH is 1. The number of nitrogens with zero attached hydrogens (tertiary/aromatic N) is 1. The Morgan fingerprint density at radius 3 is 2.80 bits per heavy atom. The summed E-state index contributed by atoms with van der Waals surface area (Å²) in [6.07, 6.45) is 2.65. The Balaban J connectivity index is 1.63. The molecule has 1 aliphatic carbocycles. The zero-order valence-electron chi connectivity index (χ0n) is 13.2. The molecule has 2 aliphatic rings. The molecule has 0 bridgehead atoms. The van der Waals surface area contributed by atoms with Gasteiger partial charge >= 0.3 is 0 Å². The van der Waals surface area contributed by atoms with E-state index < -0.39 is 11.4 Å². The lowest BCUT2D eigenvalue weighted by molar-refractivity contribution is -0.114. The molecule has 1 aromatic heterocycles. The van der Waals surface area contributed by atoms with Gasteiger partial charge in [0.05, 0.1) is 17.2 Å². The van der Waals surface area contributed by atoms with E-state index in [9.17, 15) is 19.1 Å². The van der Waals surface area contributed by atoms with Gasteiger partial charge in [-0.15, -0.1) is 11.3 Å². The minimum atomic E-state index is -0.801. The predicted molar refractivity (Wildman–Crippen MR) is 93.7 cm³/mol. The lowest BCUT2D eigenvalue weighted by Crippen LogP contribution is -2.71. The first-order valence-corrected chi connectivity index (χ1v) is 9.20. The van der Waals surface area contributed by atoms with Crippen LogP contribution in [-0.4, -0.2) is 47.6 Å². The largest absolute Gasteiger partial charge is 0.394 e. The normalized spacial score (nSPS) is 18.9. The number of halogens is 2. The van der Waals surface area contributed by atoms with Crippen molar-refractivity contribution in [3.8, 4) is 0 Å². The molecule has 1 saturated heterocycles. The number of thiophene rings is 1. The van der Waals surface area contributed by atoms with E-state index in [1.54, 1.807) is 0 Å². The number of aliphatic hydroxyl groups is 1. The third kappa shape index (κ3) is 2.70. The van der Waals surface area contributed by atoms with Crippen LogP contribution in [0, 0.1) is 5.82 Å². The minimum absolute atomic E-state index is 0.134. The molecule has 2 aromatic rings. The van der Waals surface area contributed by atoms with E-state index in [0.29, 0.717) is 27.3 Å². The molecule has 2 fully saturated rings. The highest BCUT2D eigenvalue weighted by molar-refractivity contribution is 7.21. The maximum Gasteiger partial charge on any atom is 0.265 e. The molecule has 0 atom stereocenters. The molecule has 25 heavy (non-hydrogen) atoms. The van der Waals surface area contributed by atoms with Crippen LogP contribution in [0.4, 0.5) is 4.39 Å². The summed E-state index contributed by atoms with van der Waals surface area (Å²) in [5.74, 6) is -0.292. The lowest BCUT2D eigenvalue weighted by atomic mass is 9.90. The van der Waals surface area contributed by atoms with E-state index in [4.69, 9.17) is 11.6 Å². The second kappa shape index (κ2) is 5.93. The first kappa shape index (κ1) is 16.8. The van der Waals surface area contributed by atoms with Crippen LogP contribution in [0.15, 0.2) is 12.1 Å². The molecule has 1 aromatic carbocycles. The summed E-state index contributed by atoms with van der Waals surface area (Å²) in [4.78, 5) is 25.1. The van der Waals surface area contributed by atoms with Crippen LogP contribution in [0.5, 0.6) is 0 Å². The standard InChI is InChI=1S/C17H16ClFN2O3S/c18-14-13-11(19)3-10(9-1-2-9)4-12(13)25-15(14)16(24)21-5-17(6-21,7-22)20-8-23/h3-4,8-9,22H,1-2,5-7H2,(H,20,23). The Hall–Kier alpha value is -1.70. The maximum atomic E-state index is 14.5. The fourth-order valence-corrected chi connectivity index (χ4v) is 4.86. The van der Waals surface area contributed by atoms with E-state index in [2.05, 4.69) is 5.32 Å². The molecular weight excluding hydrogens is 367 g/mol. The van der Waals surface area contributed by atoms with Gasteiger partial charge in [0, 0.05) is 23.2 Å². The summed E-state index contributed by atoms with van der Waals surface area (Å²) in [6.45, 7) is 0.137. The first-order valence-electron chi connectivity index (χ1n) is 8.01. The highest BCUT2D eigenvalue weighted by Gasteiger charge is 2.45. The van der Waals surface area contributed by atoms with Crippen LogP contribution in [0.3, 0.4) is 0 Å². The van der Waals surface area contributed by atoms with Crippen molar-refractivity contribution in [1.82, 2.24) is 10.2 Å². The summed E-state index contributed by atoms with van der Waals surface area (Å²) in [6, 6.07) is 3.44. The average molecular weight is 383 g/mol. The van der Waals surface area contributed by atoms with E-state index in [0.717, 1.165) is 18.4 Å². The number of likely N-dealkylation sites (tertiary alicyclic amines) is 1. The molecule has 2 N–H and O–H groups in total. The predicted octanol–water partition coefficient (Wildman–Crippen LogP) is 2.50. The molecule has 0 spiro atoms. The van der Waals surface area contributed by atoms with Gasteiger partial charge in [-0.1, -0.05) is 11.6 Å². The molecule has 4 rings (SSSR count). The zero-order chi connectivity index (χ0) is 17.8. The fraction of sp³-hybridized carbons (Fsp3) is 0.412. The topological polar surface area (TPSA) is 69.6 Å². The summed E-state index contributed by atoms with van der Waals surface area (Å²) in [5, 5.41) is 12.4. The van der Waals surface area contributed by atoms with Crippen LogP contribution in [0.2, 0.25) is 5.02 Å². The number of rotatable bonds is 5. The van der Waals surface area contributed by atoms with Crippen LogP contribution in [0.1, 0.15) is 34.0 Å². The van der Waals surface area contributed by atoms with Crippen molar-refractivity contribution in [2.75, 3.05) is 19.7 Å². The van der Waals surface area contributed by atoms with Crippen LogP contribution in [-0.2, 0) is 4.79 Å². The SMILES string of the molecule is O=CNC1(CO)CN(C(=O)c2sc3cc(C4CC4)cc(F)c3c2Cl)C1. The monoisotopic (exact) mass is 382 g/mol. The number of nitrogens with one attached hydrogen (secondary N) is 1. The quantitative estimate of drug-likeness (QED) is 0.781. The minimum Gasteiger partial charge on any atom is -0.394 e. The van der Waals surface area contributed by atoms with Crippen molar-refractivity contribution >= 4 is 45.3 Å². The van der Waals surface area contributed by atoms with Crippen molar-refractivity contribution in [2.45, 2.75) is 24.3 Å². The second-order valence-electron chi connectivity index (χ2n) is 6.76. The van der Waals surface area contributed by atoms with E-state index in [1.165, 1.54) is 22.3 Å². The van der Waals surface area contributed by atoms with Crippen molar-refractivity contribution in [1.29, 1.82) is 0 Å². The molecule has 1 aliphatic heterocycles.